The van der Waals surface area contributed by atoms with Gasteiger partial charge in [0.1, 0.15) is 0 Å². The van der Waals surface area contributed by atoms with Gasteiger partial charge in [0.15, 0.2) is 0 Å². The molecule has 4 rings (SSSR count). The maximum absolute atomic E-state index is 11.0. The summed E-state index contributed by atoms with van der Waals surface area (Å²) in [5, 5.41) is 41.7. The fourth-order valence-corrected chi connectivity index (χ4v) is 6.77. The maximum atomic E-state index is 11.0. The number of hydrogen-bond donors (Lipinski definition) is 4. The van der Waals surface area contributed by atoms with Crippen LogP contribution in [0.1, 0.15) is 52.4 Å². The molecule has 4 aliphatic rings. The van der Waals surface area contributed by atoms with Gasteiger partial charge in [-0.3, -0.25) is 0 Å². The summed E-state index contributed by atoms with van der Waals surface area (Å²) in [6.45, 7) is 4.30. The van der Waals surface area contributed by atoms with Crippen molar-refractivity contribution in [2.24, 2.45) is 28.6 Å². The van der Waals surface area contributed by atoms with E-state index in [9.17, 15) is 20.4 Å². The predicted molar refractivity (Wildman–Crippen MR) is 86.5 cm³/mol. The van der Waals surface area contributed by atoms with E-state index in [1.165, 1.54) is 5.57 Å². The van der Waals surface area contributed by atoms with E-state index in [0.717, 1.165) is 25.7 Å². The van der Waals surface area contributed by atoms with Crippen molar-refractivity contribution in [1.29, 1.82) is 0 Å². The largest absolute Gasteiger partial charge is 0.393 e. The van der Waals surface area contributed by atoms with Gasteiger partial charge in [-0.15, -0.1) is 0 Å². The Morgan fingerprint density at radius 2 is 1.83 bits per heavy atom. The molecule has 0 aromatic rings. The molecule has 4 nitrogen and oxygen atoms in total. The molecule has 4 N–H and O–H groups in total. The summed E-state index contributed by atoms with van der Waals surface area (Å²) in [6, 6.07) is 0. The zero-order valence-corrected chi connectivity index (χ0v) is 14.2. The van der Waals surface area contributed by atoms with Crippen molar-refractivity contribution < 1.29 is 20.4 Å². The highest BCUT2D eigenvalue weighted by Crippen LogP contribution is 2.64. The van der Waals surface area contributed by atoms with E-state index in [0.29, 0.717) is 18.8 Å². The first-order valence-electron chi connectivity index (χ1n) is 9.19. The van der Waals surface area contributed by atoms with Crippen molar-refractivity contribution in [3.63, 3.8) is 0 Å². The topological polar surface area (TPSA) is 80.9 Å². The molecule has 0 unspecified atom stereocenters. The Balaban J connectivity index is 1.73. The number of fused-ring (bicyclic) bond motifs is 5. The average molecular weight is 322 g/mol. The van der Waals surface area contributed by atoms with Gasteiger partial charge in [0.25, 0.3) is 0 Å². The Hall–Kier alpha value is -0.420. The minimum Gasteiger partial charge on any atom is -0.393 e. The summed E-state index contributed by atoms with van der Waals surface area (Å²) in [4.78, 5) is 0. The third-order valence-corrected chi connectivity index (χ3v) is 7.98. The summed E-state index contributed by atoms with van der Waals surface area (Å²) < 4.78 is 0. The van der Waals surface area contributed by atoms with E-state index in [-0.39, 0.29) is 28.8 Å². The molecule has 0 bridgehead atoms. The van der Waals surface area contributed by atoms with Crippen LogP contribution in [-0.4, -0.2) is 44.8 Å². The van der Waals surface area contributed by atoms with Crippen LogP contribution in [0.4, 0.5) is 0 Å². The fraction of sp³-hybridized carbons (Fsp3) is 0.895. The van der Waals surface area contributed by atoms with Crippen molar-refractivity contribution in [2.75, 3.05) is 0 Å². The summed E-state index contributed by atoms with van der Waals surface area (Å²) in [5.74, 6) is 0.771. The molecule has 23 heavy (non-hydrogen) atoms. The molecule has 0 spiro atoms. The van der Waals surface area contributed by atoms with E-state index in [1.54, 1.807) is 0 Å². The molecule has 4 heteroatoms. The van der Waals surface area contributed by atoms with Crippen LogP contribution in [-0.2, 0) is 0 Å². The third kappa shape index (κ3) is 2.05. The van der Waals surface area contributed by atoms with E-state index >= 15 is 0 Å². The van der Waals surface area contributed by atoms with Crippen LogP contribution in [0.3, 0.4) is 0 Å². The highest BCUT2D eigenvalue weighted by atomic mass is 16.3. The van der Waals surface area contributed by atoms with Gasteiger partial charge >= 0.3 is 0 Å². The summed E-state index contributed by atoms with van der Waals surface area (Å²) >= 11 is 0. The molecule has 0 saturated heterocycles. The molecule has 0 aromatic heterocycles. The summed E-state index contributed by atoms with van der Waals surface area (Å²) in [7, 11) is 0. The van der Waals surface area contributed by atoms with Crippen LogP contribution in [0, 0.1) is 28.6 Å². The van der Waals surface area contributed by atoms with Crippen LogP contribution in [0.5, 0.6) is 0 Å². The van der Waals surface area contributed by atoms with Gasteiger partial charge in [-0.2, -0.15) is 0 Å². The quantitative estimate of drug-likeness (QED) is 0.511. The van der Waals surface area contributed by atoms with Gasteiger partial charge in [-0.25, -0.2) is 0 Å². The lowest BCUT2D eigenvalue weighted by molar-refractivity contribution is -0.140. The second-order valence-corrected chi connectivity index (χ2v) is 9.10. The molecule has 130 valence electrons. The molecule has 0 aromatic carbocycles. The minimum absolute atomic E-state index is 0.0403. The number of aliphatic hydroxyl groups is 4. The fourth-order valence-electron chi connectivity index (χ4n) is 6.77. The Kier molecular flexibility index (Phi) is 3.52. The van der Waals surface area contributed by atoms with E-state index in [4.69, 9.17) is 0 Å². The SMILES string of the molecule is C[C@]12C[C@H](O)[C@H]3[C@@H](CC=C4C[C@H](O)CC[C@@]43C)[C@@H]1C[C@H](O)[C@@H]2O. The standard InChI is InChI=1S/C19H30O4/c1-18-6-5-11(20)7-10(18)3-4-12-13-8-14(21)17(23)19(13,2)9-15(22)16(12)18/h3,11-17,20-23H,4-9H2,1-2H3/t11-,12+,13+,14+,15+,16-,17+,18+,19+/m1/s1. The zero-order valence-electron chi connectivity index (χ0n) is 14.2. The lowest BCUT2D eigenvalue weighted by Crippen LogP contribution is -2.57. The van der Waals surface area contributed by atoms with Crippen LogP contribution in [0.15, 0.2) is 11.6 Å². The van der Waals surface area contributed by atoms with Crippen molar-refractivity contribution in [1.82, 2.24) is 0 Å². The zero-order chi connectivity index (χ0) is 16.6. The van der Waals surface area contributed by atoms with Crippen molar-refractivity contribution in [2.45, 2.75) is 76.8 Å². The monoisotopic (exact) mass is 322 g/mol. The van der Waals surface area contributed by atoms with Crippen LogP contribution < -0.4 is 0 Å². The third-order valence-electron chi connectivity index (χ3n) is 7.98. The number of allylic oxidation sites excluding steroid dienone is 1. The van der Waals surface area contributed by atoms with Gasteiger partial charge in [-0.1, -0.05) is 25.5 Å². The Labute approximate surface area is 138 Å². The first kappa shape index (κ1) is 16.1. The Morgan fingerprint density at radius 3 is 2.57 bits per heavy atom. The maximum Gasteiger partial charge on any atom is 0.0856 e. The van der Waals surface area contributed by atoms with E-state index in [1.807, 2.05) is 6.92 Å². The van der Waals surface area contributed by atoms with Crippen LogP contribution >= 0.6 is 0 Å². The lowest BCUT2D eigenvalue weighted by atomic mass is 9.47. The predicted octanol–water partition coefficient (Wildman–Crippen LogP) is 1.61. The highest BCUT2D eigenvalue weighted by molar-refractivity contribution is 5.27. The first-order valence-corrected chi connectivity index (χ1v) is 9.19. The van der Waals surface area contributed by atoms with Gasteiger partial charge in [0, 0.05) is 5.41 Å². The summed E-state index contributed by atoms with van der Waals surface area (Å²) in [6.07, 6.45) is 4.80. The molecule has 3 fully saturated rings. The van der Waals surface area contributed by atoms with E-state index in [2.05, 4.69) is 13.0 Å². The molecule has 0 amide bonds. The average Bonchev–Trinajstić information content (AvgIpc) is 2.71. The van der Waals surface area contributed by atoms with Crippen LogP contribution in [0.25, 0.3) is 0 Å². The summed E-state index contributed by atoms with van der Waals surface area (Å²) in [5.41, 5.74) is 0.899. The van der Waals surface area contributed by atoms with Crippen molar-refractivity contribution >= 4 is 0 Å². The lowest BCUT2D eigenvalue weighted by Gasteiger charge is -2.59. The smallest absolute Gasteiger partial charge is 0.0856 e. The molecule has 9 atom stereocenters. The number of rotatable bonds is 0. The molecule has 0 radical (unpaired) electrons. The molecule has 3 saturated carbocycles. The number of aliphatic hydroxyl groups excluding tert-OH is 4. The molecule has 0 heterocycles. The van der Waals surface area contributed by atoms with Crippen molar-refractivity contribution in [3.8, 4) is 0 Å². The van der Waals surface area contributed by atoms with E-state index < -0.39 is 18.3 Å². The Bertz CT molecular complexity index is 531. The molecule has 0 aliphatic heterocycles. The molecular weight excluding hydrogens is 292 g/mol. The van der Waals surface area contributed by atoms with Crippen LogP contribution in [0.2, 0.25) is 0 Å². The molecule has 4 aliphatic carbocycles. The van der Waals surface area contributed by atoms with Gasteiger partial charge < -0.3 is 20.4 Å². The second kappa shape index (κ2) is 5.04. The number of hydrogen-bond acceptors (Lipinski definition) is 4. The Morgan fingerprint density at radius 1 is 1.09 bits per heavy atom. The van der Waals surface area contributed by atoms with Crippen molar-refractivity contribution in [3.05, 3.63) is 11.6 Å². The highest BCUT2D eigenvalue weighted by Gasteiger charge is 2.63. The minimum atomic E-state index is -0.727. The first-order chi connectivity index (χ1) is 10.8. The van der Waals surface area contributed by atoms with Gasteiger partial charge in [-0.05, 0) is 61.7 Å². The molecular formula is C19H30O4. The van der Waals surface area contributed by atoms with Gasteiger partial charge in [0.05, 0.1) is 24.4 Å². The second-order valence-electron chi connectivity index (χ2n) is 9.10. The van der Waals surface area contributed by atoms with Gasteiger partial charge in [0.2, 0.25) is 0 Å². The normalized spacial score (nSPS) is 58.9.